The highest BCUT2D eigenvalue weighted by Crippen LogP contribution is 2.25. The van der Waals surface area contributed by atoms with Gasteiger partial charge in [0.15, 0.2) is 0 Å². The summed E-state index contributed by atoms with van der Waals surface area (Å²) >= 11 is 0. The Morgan fingerprint density at radius 2 is 2.16 bits per heavy atom. The molecule has 1 amide bonds. The Kier molecular flexibility index (Phi) is 4.89. The molecule has 1 aromatic carbocycles. The molecule has 100 valence electrons. The topological polar surface area (TPSA) is 75.5 Å². The molecule has 0 bridgehead atoms. The minimum atomic E-state index is -0.520. The van der Waals surface area contributed by atoms with Gasteiger partial charge in [-0.1, -0.05) is 5.92 Å². The Morgan fingerprint density at radius 3 is 2.68 bits per heavy atom. The summed E-state index contributed by atoms with van der Waals surface area (Å²) in [4.78, 5) is 23.6. The van der Waals surface area contributed by atoms with Gasteiger partial charge in [-0.25, -0.2) is 0 Å². The smallest absolute Gasteiger partial charge is 0.293 e. The first kappa shape index (κ1) is 14.5. The summed E-state index contributed by atoms with van der Waals surface area (Å²) in [5.41, 5.74) is 0.498. The summed E-state index contributed by atoms with van der Waals surface area (Å²) in [6.45, 7) is 2.01. The second-order valence-electron chi connectivity index (χ2n) is 3.97. The number of hydrogen-bond donors (Lipinski definition) is 1. The lowest BCUT2D eigenvalue weighted by atomic mass is 10.1. The fraction of sp³-hybridized carbons (Fsp3) is 0.308. The van der Waals surface area contributed by atoms with Crippen LogP contribution in [0, 0.1) is 22.0 Å². The number of nitrogens with one attached hydrogen (secondary N) is 1. The van der Waals surface area contributed by atoms with Crippen molar-refractivity contribution in [2.75, 3.05) is 26.0 Å². The van der Waals surface area contributed by atoms with Gasteiger partial charge >= 0.3 is 0 Å². The summed E-state index contributed by atoms with van der Waals surface area (Å²) in [6.07, 6.45) is 0. The van der Waals surface area contributed by atoms with Crippen LogP contribution in [0.5, 0.6) is 0 Å². The normalized spacial score (nSPS) is 9.21. The van der Waals surface area contributed by atoms with Crippen molar-refractivity contribution >= 4 is 17.3 Å². The Labute approximate surface area is 111 Å². The van der Waals surface area contributed by atoms with Crippen LogP contribution >= 0.6 is 0 Å². The van der Waals surface area contributed by atoms with Crippen LogP contribution in [0.2, 0.25) is 0 Å². The predicted octanol–water partition coefficient (Wildman–Crippen LogP) is 1.73. The summed E-state index contributed by atoms with van der Waals surface area (Å²) in [7, 11) is 3.19. The van der Waals surface area contributed by atoms with E-state index >= 15 is 0 Å². The van der Waals surface area contributed by atoms with Gasteiger partial charge < -0.3 is 10.2 Å². The number of anilines is 1. The number of nitro groups is 1. The van der Waals surface area contributed by atoms with E-state index in [1.807, 2.05) is 0 Å². The van der Waals surface area contributed by atoms with E-state index < -0.39 is 4.92 Å². The van der Waals surface area contributed by atoms with Gasteiger partial charge in [-0.05, 0) is 19.1 Å². The zero-order chi connectivity index (χ0) is 14.4. The molecule has 1 aromatic rings. The lowest BCUT2D eigenvalue weighted by molar-refractivity contribution is -0.384. The molecule has 0 fully saturated rings. The number of amides is 1. The fourth-order valence-corrected chi connectivity index (χ4v) is 1.45. The first-order valence-electron chi connectivity index (χ1n) is 5.61. The molecule has 0 atom stereocenters. The number of nitrogens with zero attached hydrogens (tertiary/aromatic N) is 2. The van der Waals surface area contributed by atoms with Gasteiger partial charge in [0.2, 0.25) is 0 Å². The molecule has 0 heterocycles. The second-order valence-corrected chi connectivity index (χ2v) is 3.97. The number of carbonyl (C=O) groups excluding carboxylic acids is 1. The van der Waals surface area contributed by atoms with Gasteiger partial charge in [0.1, 0.15) is 5.69 Å². The molecule has 1 rings (SSSR count). The monoisotopic (exact) mass is 261 g/mol. The Balaban J connectivity index is 3.10. The maximum absolute atomic E-state index is 11.8. The van der Waals surface area contributed by atoms with Crippen LogP contribution in [-0.4, -0.2) is 36.4 Å². The van der Waals surface area contributed by atoms with Gasteiger partial charge in [0.25, 0.3) is 11.6 Å². The van der Waals surface area contributed by atoms with Crippen molar-refractivity contribution < 1.29 is 9.72 Å². The van der Waals surface area contributed by atoms with E-state index in [0.717, 1.165) is 0 Å². The maximum Gasteiger partial charge on any atom is 0.293 e. The average Bonchev–Trinajstić information content (AvgIpc) is 2.38. The number of carbonyl (C=O) groups is 1. The van der Waals surface area contributed by atoms with Crippen molar-refractivity contribution in [3.05, 3.63) is 33.9 Å². The van der Waals surface area contributed by atoms with Crippen molar-refractivity contribution in [1.82, 2.24) is 4.90 Å². The molecule has 6 heteroatoms. The molecule has 0 radical (unpaired) electrons. The first-order valence-corrected chi connectivity index (χ1v) is 5.61. The number of benzene rings is 1. The van der Waals surface area contributed by atoms with E-state index in [-0.39, 0.29) is 17.2 Å². The van der Waals surface area contributed by atoms with Gasteiger partial charge in [0.05, 0.1) is 11.5 Å². The number of hydrogen-bond acceptors (Lipinski definition) is 4. The minimum absolute atomic E-state index is 0.134. The molecular weight excluding hydrogens is 246 g/mol. The highest BCUT2D eigenvalue weighted by atomic mass is 16.6. The summed E-state index contributed by atoms with van der Waals surface area (Å²) in [5.74, 6) is 5.17. The van der Waals surface area contributed by atoms with E-state index in [1.54, 1.807) is 27.1 Å². The number of nitro benzene ring substituents is 1. The van der Waals surface area contributed by atoms with Crippen molar-refractivity contribution in [2.24, 2.45) is 0 Å². The molecule has 0 saturated heterocycles. The van der Waals surface area contributed by atoms with Gasteiger partial charge in [-0.15, -0.1) is 5.92 Å². The fourth-order valence-electron chi connectivity index (χ4n) is 1.45. The predicted molar refractivity (Wildman–Crippen MR) is 73.1 cm³/mol. The summed E-state index contributed by atoms with van der Waals surface area (Å²) in [6, 6.07) is 4.34. The summed E-state index contributed by atoms with van der Waals surface area (Å²) in [5, 5.41) is 13.9. The maximum atomic E-state index is 11.8. The highest BCUT2D eigenvalue weighted by Gasteiger charge is 2.17. The SMILES string of the molecule is CC#CCNc1ccc(C(=O)N(C)C)cc1[N+](=O)[O-]. The van der Waals surface area contributed by atoms with Crippen molar-refractivity contribution in [2.45, 2.75) is 6.92 Å². The highest BCUT2D eigenvalue weighted by molar-refractivity contribution is 5.95. The molecule has 0 aliphatic carbocycles. The molecule has 0 aliphatic rings. The lowest BCUT2D eigenvalue weighted by Crippen LogP contribution is -2.21. The quantitative estimate of drug-likeness (QED) is 0.509. The van der Waals surface area contributed by atoms with Crippen LogP contribution in [0.15, 0.2) is 18.2 Å². The lowest BCUT2D eigenvalue weighted by Gasteiger charge is -2.11. The Bertz CT molecular complexity index is 556. The third-order valence-corrected chi connectivity index (χ3v) is 2.39. The van der Waals surface area contributed by atoms with E-state index in [0.29, 0.717) is 12.2 Å². The van der Waals surface area contributed by atoms with Gasteiger partial charge in [0, 0.05) is 25.7 Å². The van der Waals surface area contributed by atoms with E-state index in [9.17, 15) is 14.9 Å². The molecule has 1 N–H and O–H groups in total. The van der Waals surface area contributed by atoms with Crippen LogP contribution < -0.4 is 5.32 Å². The Hall–Kier alpha value is -2.55. The minimum Gasteiger partial charge on any atom is -0.369 e. The van der Waals surface area contributed by atoms with E-state index in [2.05, 4.69) is 17.2 Å². The zero-order valence-corrected chi connectivity index (χ0v) is 11.1. The van der Waals surface area contributed by atoms with Crippen LogP contribution in [0.1, 0.15) is 17.3 Å². The molecule has 0 aliphatic heterocycles. The molecule has 0 saturated carbocycles. The molecule has 0 spiro atoms. The standard InChI is InChI=1S/C13H15N3O3/c1-4-5-8-14-11-7-6-10(13(17)15(2)3)9-12(11)16(18)19/h6-7,9,14H,8H2,1-3H3. The van der Waals surface area contributed by atoms with Crippen molar-refractivity contribution in [3.8, 4) is 11.8 Å². The molecule has 0 unspecified atom stereocenters. The largest absolute Gasteiger partial charge is 0.369 e. The molecular formula is C13H15N3O3. The molecule has 6 nitrogen and oxygen atoms in total. The second kappa shape index (κ2) is 6.40. The van der Waals surface area contributed by atoms with Gasteiger partial charge in [-0.2, -0.15) is 0 Å². The van der Waals surface area contributed by atoms with Crippen molar-refractivity contribution in [3.63, 3.8) is 0 Å². The average molecular weight is 261 g/mol. The zero-order valence-electron chi connectivity index (χ0n) is 11.1. The van der Waals surface area contributed by atoms with Crippen molar-refractivity contribution in [1.29, 1.82) is 0 Å². The van der Waals surface area contributed by atoms with Crippen LogP contribution in [0.25, 0.3) is 0 Å². The van der Waals surface area contributed by atoms with E-state index in [1.165, 1.54) is 17.0 Å². The third-order valence-electron chi connectivity index (χ3n) is 2.39. The van der Waals surface area contributed by atoms with Gasteiger partial charge in [-0.3, -0.25) is 14.9 Å². The summed E-state index contributed by atoms with van der Waals surface area (Å²) < 4.78 is 0. The van der Waals surface area contributed by atoms with Crippen LogP contribution in [-0.2, 0) is 0 Å². The molecule has 0 aromatic heterocycles. The number of rotatable bonds is 4. The van der Waals surface area contributed by atoms with E-state index in [4.69, 9.17) is 0 Å². The van der Waals surface area contributed by atoms with Crippen LogP contribution in [0.4, 0.5) is 11.4 Å². The van der Waals surface area contributed by atoms with Crippen LogP contribution in [0.3, 0.4) is 0 Å². The molecule has 19 heavy (non-hydrogen) atoms. The Morgan fingerprint density at radius 1 is 1.47 bits per heavy atom. The first-order chi connectivity index (χ1) is 8.97. The third kappa shape index (κ3) is 3.71.